The van der Waals surface area contributed by atoms with Gasteiger partial charge in [-0.15, -0.1) is 5.10 Å². The van der Waals surface area contributed by atoms with E-state index in [-0.39, 0.29) is 12.5 Å². The number of aromatic nitrogens is 2. The van der Waals surface area contributed by atoms with Crippen molar-refractivity contribution in [1.29, 1.82) is 0 Å². The van der Waals surface area contributed by atoms with Crippen molar-refractivity contribution in [2.24, 2.45) is 0 Å². The van der Waals surface area contributed by atoms with Crippen LogP contribution in [0.1, 0.15) is 12.8 Å². The minimum absolute atomic E-state index is 0.103. The Hall–Kier alpha value is -1.63. The fraction of sp³-hybridized carbons (Fsp3) is 0.667. The molecule has 0 aromatic carbocycles. The van der Waals surface area contributed by atoms with Gasteiger partial charge in [0.05, 0.1) is 6.54 Å². The summed E-state index contributed by atoms with van der Waals surface area (Å²) in [6.45, 7) is 3.57. The van der Waals surface area contributed by atoms with Crippen LogP contribution < -0.4 is 15.5 Å². The maximum absolute atomic E-state index is 11.1. The summed E-state index contributed by atoms with van der Waals surface area (Å²) >= 11 is 0. The molecule has 0 aliphatic rings. The second-order valence-electron chi connectivity index (χ2n) is 3.29. The van der Waals surface area contributed by atoms with Crippen LogP contribution in [0.25, 0.3) is 0 Å². The molecule has 0 aliphatic heterocycles. The standard InChI is InChI=1S/C9H17N5O2/c1-4-11-5-8-12-13-9(16-8)14(3)6-7(15)10-2/h11H,4-6H2,1-3H3,(H,10,15). The third kappa shape index (κ3) is 3.50. The van der Waals surface area contributed by atoms with Gasteiger partial charge in [0.25, 0.3) is 0 Å². The third-order valence-electron chi connectivity index (χ3n) is 1.97. The zero-order valence-electron chi connectivity index (χ0n) is 9.78. The minimum Gasteiger partial charge on any atom is -0.407 e. The van der Waals surface area contributed by atoms with Gasteiger partial charge in [0, 0.05) is 14.1 Å². The van der Waals surface area contributed by atoms with Crippen LogP contribution in [0.2, 0.25) is 0 Å². The van der Waals surface area contributed by atoms with Gasteiger partial charge in [-0.3, -0.25) is 4.79 Å². The molecule has 0 spiro atoms. The topological polar surface area (TPSA) is 83.3 Å². The first-order chi connectivity index (χ1) is 7.67. The van der Waals surface area contributed by atoms with Gasteiger partial charge in [-0.2, -0.15) is 0 Å². The smallest absolute Gasteiger partial charge is 0.318 e. The highest BCUT2D eigenvalue weighted by Crippen LogP contribution is 2.09. The van der Waals surface area contributed by atoms with Crippen molar-refractivity contribution in [3.05, 3.63) is 5.89 Å². The van der Waals surface area contributed by atoms with E-state index in [9.17, 15) is 4.79 Å². The summed E-state index contributed by atoms with van der Waals surface area (Å²) < 4.78 is 5.35. The van der Waals surface area contributed by atoms with E-state index >= 15 is 0 Å². The average Bonchev–Trinajstić information content (AvgIpc) is 2.74. The molecule has 7 nitrogen and oxygen atoms in total. The number of hydrogen-bond acceptors (Lipinski definition) is 6. The largest absolute Gasteiger partial charge is 0.407 e. The van der Waals surface area contributed by atoms with Gasteiger partial charge in [-0.05, 0) is 6.54 Å². The molecule has 1 rings (SSSR count). The first-order valence-electron chi connectivity index (χ1n) is 5.12. The SMILES string of the molecule is CCNCc1nnc(N(C)CC(=O)NC)o1. The van der Waals surface area contributed by atoms with Crippen LogP contribution in [0, 0.1) is 0 Å². The summed E-state index contributed by atoms with van der Waals surface area (Å²) in [7, 11) is 3.31. The summed E-state index contributed by atoms with van der Waals surface area (Å²) in [5.74, 6) is 0.412. The highest BCUT2D eigenvalue weighted by molar-refractivity contribution is 5.80. The number of likely N-dealkylation sites (N-methyl/N-ethyl adjacent to an activating group) is 2. The quantitative estimate of drug-likeness (QED) is 0.672. The van der Waals surface area contributed by atoms with Gasteiger partial charge >= 0.3 is 6.01 Å². The zero-order valence-corrected chi connectivity index (χ0v) is 9.78. The van der Waals surface area contributed by atoms with Crippen molar-refractivity contribution in [1.82, 2.24) is 20.8 Å². The zero-order chi connectivity index (χ0) is 12.0. The lowest BCUT2D eigenvalue weighted by Crippen LogP contribution is -2.33. The molecule has 16 heavy (non-hydrogen) atoms. The number of carbonyl (C=O) groups excluding carboxylic acids is 1. The number of hydrogen-bond donors (Lipinski definition) is 2. The number of anilines is 1. The van der Waals surface area contributed by atoms with Crippen LogP contribution in [-0.4, -0.2) is 43.3 Å². The fourth-order valence-electron chi connectivity index (χ4n) is 1.06. The van der Waals surface area contributed by atoms with E-state index in [2.05, 4.69) is 20.8 Å². The number of nitrogens with one attached hydrogen (secondary N) is 2. The average molecular weight is 227 g/mol. The Bertz CT molecular complexity index is 338. The minimum atomic E-state index is -0.103. The van der Waals surface area contributed by atoms with E-state index in [0.717, 1.165) is 6.54 Å². The van der Waals surface area contributed by atoms with E-state index in [0.29, 0.717) is 18.5 Å². The van der Waals surface area contributed by atoms with Gasteiger partial charge in [-0.25, -0.2) is 0 Å². The Kier molecular flexibility index (Phi) is 4.71. The van der Waals surface area contributed by atoms with Crippen LogP contribution >= 0.6 is 0 Å². The summed E-state index contributed by atoms with van der Waals surface area (Å²) in [5, 5.41) is 13.3. The molecule has 2 N–H and O–H groups in total. The van der Waals surface area contributed by atoms with Crippen molar-refractivity contribution in [3.63, 3.8) is 0 Å². The van der Waals surface area contributed by atoms with Gasteiger partial charge in [-0.1, -0.05) is 12.0 Å². The summed E-state index contributed by atoms with van der Waals surface area (Å²) in [4.78, 5) is 12.7. The molecule has 1 amide bonds. The Morgan fingerprint density at radius 3 is 2.88 bits per heavy atom. The molecule has 0 atom stereocenters. The van der Waals surface area contributed by atoms with Gasteiger partial charge in [0.1, 0.15) is 6.54 Å². The van der Waals surface area contributed by atoms with E-state index < -0.39 is 0 Å². The van der Waals surface area contributed by atoms with Crippen LogP contribution in [-0.2, 0) is 11.3 Å². The summed E-state index contributed by atoms with van der Waals surface area (Å²) in [6, 6.07) is 0.344. The predicted molar refractivity (Wildman–Crippen MR) is 59.0 cm³/mol. The molecule has 0 unspecified atom stereocenters. The van der Waals surface area contributed by atoms with Gasteiger partial charge < -0.3 is 20.0 Å². The van der Waals surface area contributed by atoms with E-state index in [1.54, 1.807) is 19.0 Å². The monoisotopic (exact) mass is 227 g/mol. The van der Waals surface area contributed by atoms with Crippen LogP contribution in [0.5, 0.6) is 0 Å². The Labute approximate surface area is 94.2 Å². The summed E-state index contributed by atoms with van der Waals surface area (Å²) in [6.07, 6.45) is 0. The predicted octanol–water partition coefficient (Wildman–Crippen LogP) is -0.639. The molecule has 0 saturated heterocycles. The summed E-state index contributed by atoms with van der Waals surface area (Å²) in [5.41, 5.74) is 0. The molecule has 1 aromatic rings. The van der Waals surface area contributed by atoms with Crippen LogP contribution in [0.4, 0.5) is 6.01 Å². The number of carbonyl (C=O) groups is 1. The molecule has 1 aromatic heterocycles. The molecule has 0 fully saturated rings. The first kappa shape index (κ1) is 12.4. The maximum Gasteiger partial charge on any atom is 0.318 e. The van der Waals surface area contributed by atoms with Gasteiger partial charge in [0.15, 0.2) is 0 Å². The third-order valence-corrected chi connectivity index (χ3v) is 1.97. The van der Waals surface area contributed by atoms with Crippen molar-refractivity contribution in [2.75, 3.05) is 32.1 Å². The highest BCUT2D eigenvalue weighted by atomic mass is 16.4. The van der Waals surface area contributed by atoms with Crippen LogP contribution in [0.15, 0.2) is 4.42 Å². The Balaban J connectivity index is 2.52. The number of amides is 1. The van der Waals surface area contributed by atoms with Crippen molar-refractivity contribution < 1.29 is 9.21 Å². The van der Waals surface area contributed by atoms with Gasteiger partial charge in [0.2, 0.25) is 11.8 Å². The highest BCUT2D eigenvalue weighted by Gasteiger charge is 2.12. The lowest BCUT2D eigenvalue weighted by atomic mass is 10.5. The van der Waals surface area contributed by atoms with Crippen molar-refractivity contribution in [2.45, 2.75) is 13.5 Å². The maximum atomic E-state index is 11.1. The van der Waals surface area contributed by atoms with E-state index in [1.807, 2.05) is 6.92 Å². The first-order valence-corrected chi connectivity index (χ1v) is 5.12. The van der Waals surface area contributed by atoms with Crippen molar-refractivity contribution in [3.8, 4) is 0 Å². The Morgan fingerprint density at radius 2 is 2.25 bits per heavy atom. The molecular formula is C9H17N5O2. The second-order valence-corrected chi connectivity index (χ2v) is 3.29. The Morgan fingerprint density at radius 1 is 1.50 bits per heavy atom. The fourth-order valence-corrected chi connectivity index (χ4v) is 1.06. The van der Waals surface area contributed by atoms with E-state index in [1.165, 1.54) is 0 Å². The lowest BCUT2D eigenvalue weighted by Gasteiger charge is -2.11. The molecule has 0 aliphatic carbocycles. The second kappa shape index (κ2) is 6.06. The van der Waals surface area contributed by atoms with E-state index in [4.69, 9.17) is 4.42 Å². The molecule has 90 valence electrons. The normalized spacial score (nSPS) is 10.2. The molecule has 1 heterocycles. The molecule has 0 radical (unpaired) electrons. The lowest BCUT2D eigenvalue weighted by molar-refractivity contribution is -0.119. The molecule has 0 bridgehead atoms. The molecule has 7 heteroatoms. The van der Waals surface area contributed by atoms with Crippen LogP contribution in [0.3, 0.4) is 0 Å². The van der Waals surface area contributed by atoms with Crippen molar-refractivity contribution >= 4 is 11.9 Å². The molecular weight excluding hydrogens is 210 g/mol. The molecule has 0 saturated carbocycles. The number of rotatable bonds is 6. The number of nitrogens with zero attached hydrogens (tertiary/aromatic N) is 3.